The molecule has 1 aromatic carbocycles. The largest absolute Gasteiger partial charge is 0.480 e. The Labute approximate surface area is 116 Å². The second-order valence-corrected chi connectivity index (χ2v) is 6.12. The van der Waals surface area contributed by atoms with Gasteiger partial charge in [-0.05, 0) is 49.8 Å². The van der Waals surface area contributed by atoms with E-state index in [2.05, 4.69) is 28.2 Å². The summed E-state index contributed by atoms with van der Waals surface area (Å²) in [5.74, 6) is -0.115. The van der Waals surface area contributed by atoms with Crippen molar-refractivity contribution in [2.45, 2.75) is 38.1 Å². The number of hydrogen-bond donors (Lipinski definition) is 2. The molecule has 1 fully saturated rings. The minimum atomic E-state index is -0.798. The summed E-state index contributed by atoms with van der Waals surface area (Å²) in [4.78, 5) is 11.6. The Balaban J connectivity index is 2.19. The molecule has 98 valence electrons. The van der Waals surface area contributed by atoms with Gasteiger partial charge in [-0.1, -0.05) is 28.9 Å². The fourth-order valence-corrected chi connectivity index (χ4v) is 2.89. The standard InChI is InChI=1S/C14H18BrNO2/c1-10-5-7-14(8-6-10,13(17)18)16-12-4-2-3-11(15)9-12/h2-4,9-10,16H,5-8H2,1H3,(H,17,18). The highest BCUT2D eigenvalue weighted by Crippen LogP contribution is 2.35. The molecule has 0 bridgehead atoms. The molecule has 0 radical (unpaired) electrons. The van der Waals surface area contributed by atoms with Crippen LogP contribution in [0.1, 0.15) is 32.6 Å². The molecule has 1 saturated carbocycles. The first-order chi connectivity index (χ1) is 8.52. The molecule has 0 spiro atoms. The van der Waals surface area contributed by atoms with Crippen molar-refractivity contribution in [2.75, 3.05) is 5.32 Å². The van der Waals surface area contributed by atoms with Crippen molar-refractivity contribution in [1.29, 1.82) is 0 Å². The van der Waals surface area contributed by atoms with Crippen molar-refractivity contribution in [1.82, 2.24) is 0 Å². The zero-order valence-electron chi connectivity index (χ0n) is 10.4. The van der Waals surface area contributed by atoms with Crippen molar-refractivity contribution >= 4 is 27.6 Å². The molecule has 0 aliphatic heterocycles. The summed E-state index contributed by atoms with van der Waals surface area (Å²) in [5, 5.41) is 12.8. The summed E-state index contributed by atoms with van der Waals surface area (Å²) in [5.41, 5.74) is 0.0640. The second-order valence-electron chi connectivity index (χ2n) is 5.21. The van der Waals surface area contributed by atoms with Gasteiger partial charge in [-0.3, -0.25) is 0 Å². The van der Waals surface area contributed by atoms with Crippen LogP contribution in [-0.2, 0) is 4.79 Å². The van der Waals surface area contributed by atoms with Gasteiger partial charge in [0.05, 0.1) is 0 Å². The quantitative estimate of drug-likeness (QED) is 0.890. The van der Waals surface area contributed by atoms with Crippen molar-refractivity contribution in [2.24, 2.45) is 5.92 Å². The average Bonchev–Trinajstić information content (AvgIpc) is 2.32. The highest BCUT2D eigenvalue weighted by molar-refractivity contribution is 9.10. The number of hydrogen-bond acceptors (Lipinski definition) is 2. The lowest BCUT2D eigenvalue weighted by atomic mass is 9.77. The summed E-state index contributed by atoms with van der Waals surface area (Å²) in [6.07, 6.45) is 3.31. The third-order valence-electron chi connectivity index (χ3n) is 3.75. The molecule has 0 aromatic heterocycles. The van der Waals surface area contributed by atoms with Crippen LogP contribution in [0.2, 0.25) is 0 Å². The Morgan fingerprint density at radius 1 is 1.44 bits per heavy atom. The maximum absolute atomic E-state index is 11.6. The van der Waals surface area contributed by atoms with Crippen LogP contribution < -0.4 is 5.32 Å². The zero-order valence-corrected chi connectivity index (χ0v) is 12.0. The van der Waals surface area contributed by atoms with Crippen LogP contribution in [0, 0.1) is 5.92 Å². The van der Waals surface area contributed by atoms with E-state index in [0.29, 0.717) is 18.8 Å². The maximum atomic E-state index is 11.6. The molecular formula is C14H18BrNO2. The minimum Gasteiger partial charge on any atom is -0.480 e. The van der Waals surface area contributed by atoms with Gasteiger partial charge in [0, 0.05) is 10.2 Å². The van der Waals surface area contributed by atoms with Gasteiger partial charge in [0.2, 0.25) is 0 Å². The first kappa shape index (κ1) is 13.4. The number of carboxylic acids is 1. The van der Waals surface area contributed by atoms with Gasteiger partial charge in [0.1, 0.15) is 5.54 Å². The van der Waals surface area contributed by atoms with Gasteiger partial charge in [-0.25, -0.2) is 4.79 Å². The zero-order chi connectivity index (χ0) is 13.2. The third kappa shape index (κ3) is 2.86. The lowest BCUT2D eigenvalue weighted by Crippen LogP contribution is -2.48. The molecule has 1 aliphatic carbocycles. The molecule has 2 rings (SSSR count). The average molecular weight is 312 g/mol. The Morgan fingerprint density at radius 3 is 2.67 bits per heavy atom. The molecule has 1 aromatic rings. The molecule has 0 heterocycles. The van der Waals surface area contributed by atoms with Gasteiger partial charge in [0.25, 0.3) is 0 Å². The number of halogens is 1. The molecule has 1 aliphatic rings. The van der Waals surface area contributed by atoms with Crippen LogP contribution in [0.5, 0.6) is 0 Å². The number of aliphatic carboxylic acids is 1. The van der Waals surface area contributed by atoms with E-state index in [4.69, 9.17) is 0 Å². The number of anilines is 1. The van der Waals surface area contributed by atoms with Crippen molar-refractivity contribution in [3.05, 3.63) is 28.7 Å². The smallest absolute Gasteiger partial charge is 0.329 e. The van der Waals surface area contributed by atoms with E-state index in [-0.39, 0.29) is 0 Å². The SMILES string of the molecule is CC1CCC(Nc2cccc(Br)c2)(C(=O)O)CC1. The fourth-order valence-electron chi connectivity index (χ4n) is 2.49. The van der Waals surface area contributed by atoms with E-state index >= 15 is 0 Å². The highest BCUT2D eigenvalue weighted by atomic mass is 79.9. The van der Waals surface area contributed by atoms with Gasteiger partial charge < -0.3 is 10.4 Å². The third-order valence-corrected chi connectivity index (χ3v) is 4.24. The van der Waals surface area contributed by atoms with E-state index in [1.54, 1.807) is 0 Å². The van der Waals surface area contributed by atoms with Crippen LogP contribution in [0.4, 0.5) is 5.69 Å². The lowest BCUT2D eigenvalue weighted by Gasteiger charge is -2.37. The normalized spacial score (nSPS) is 27.8. The highest BCUT2D eigenvalue weighted by Gasteiger charge is 2.41. The number of carbonyl (C=O) groups is 1. The topological polar surface area (TPSA) is 49.3 Å². The predicted molar refractivity (Wildman–Crippen MR) is 75.8 cm³/mol. The first-order valence-electron chi connectivity index (χ1n) is 6.29. The van der Waals surface area contributed by atoms with Crippen molar-refractivity contribution in [3.8, 4) is 0 Å². The molecule has 4 heteroatoms. The Morgan fingerprint density at radius 2 is 2.11 bits per heavy atom. The molecular weight excluding hydrogens is 294 g/mol. The summed E-state index contributed by atoms with van der Waals surface area (Å²) >= 11 is 3.40. The number of nitrogens with one attached hydrogen (secondary N) is 1. The number of rotatable bonds is 3. The summed E-state index contributed by atoms with van der Waals surface area (Å²) in [6, 6.07) is 7.67. The monoisotopic (exact) mass is 311 g/mol. The summed E-state index contributed by atoms with van der Waals surface area (Å²) in [6.45, 7) is 2.19. The molecule has 0 amide bonds. The van der Waals surface area contributed by atoms with E-state index < -0.39 is 11.5 Å². The van der Waals surface area contributed by atoms with Crippen LogP contribution in [-0.4, -0.2) is 16.6 Å². The molecule has 18 heavy (non-hydrogen) atoms. The molecule has 3 nitrogen and oxygen atoms in total. The Kier molecular flexibility index (Phi) is 3.95. The fraction of sp³-hybridized carbons (Fsp3) is 0.500. The summed E-state index contributed by atoms with van der Waals surface area (Å²) in [7, 11) is 0. The maximum Gasteiger partial charge on any atom is 0.329 e. The van der Waals surface area contributed by atoms with E-state index in [0.717, 1.165) is 23.0 Å². The number of carboxylic acid groups (broad SMARTS) is 1. The van der Waals surface area contributed by atoms with Crippen molar-refractivity contribution < 1.29 is 9.90 Å². The minimum absolute atomic E-state index is 0.627. The van der Waals surface area contributed by atoms with Crippen LogP contribution in [0.15, 0.2) is 28.7 Å². The van der Waals surface area contributed by atoms with Crippen LogP contribution in [0.25, 0.3) is 0 Å². The van der Waals surface area contributed by atoms with Gasteiger partial charge in [-0.15, -0.1) is 0 Å². The molecule has 0 atom stereocenters. The van der Waals surface area contributed by atoms with Gasteiger partial charge in [0.15, 0.2) is 0 Å². The second kappa shape index (κ2) is 5.31. The number of benzene rings is 1. The Hall–Kier alpha value is -1.03. The van der Waals surface area contributed by atoms with Gasteiger partial charge >= 0.3 is 5.97 Å². The lowest BCUT2D eigenvalue weighted by molar-refractivity contribution is -0.143. The van der Waals surface area contributed by atoms with E-state index in [1.807, 2.05) is 24.3 Å². The van der Waals surface area contributed by atoms with E-state index in [9.17, 15) is 9.90 Å². The Bertz CT molecular complexity index is 439. The van der Waals surface area contributed by atoms with Gasteiger partial charge in [-0.2, -0.15) is 0 Å². The molecule has 0 unspecified atom stereocenters. The van der Waals surface area contributed by atoms with Crippen LogP contribution >= 0.6 is 15.9 Å². The molecule has 2 N–H and O–H groups in total. The van der Waals surface area contributed by atoms with E-state index in [1.165, 1.54) is 0 Å². The molecule has 0 saturated heterocycles. The van der Waals surface area contributed by atoms with Crippen molar-refractivity contribution in [3.63, 3.8) is 0 Å². The predicted octanol–water partition coefficient (Wildman–Crippen LogP) is 3.89. The first-order valence-corrected chi connectivity index (χ1v) is 7.08. The van der Waals surface area contributed by atoms with Crippen LogP contribution in [0.3, 0.4) is 0 Å². The summed E-state index contributed by atoms with van der Waals surface area (Å²) < 4.78 is 0.956.